The topological polar surface area (TPSA) is 66.4 Å². The molecule has 0 heterocycles. The van der Waals surface area contributed by atoms with Gasteiger partial charge in [0.15, 0.2) is 0 Å². The van der Waals surface area contributed by atoms with Gasteiger partial charge in [0.1, 0.15) is 5.82 Å². The lowest BCUT2D eigenvalue weighted by Gasteiger charge is -2.11. The van der Waals surface area contributed by atoms with Gasteiger partial charge in [-0.3, -0.25) is 4.79 Å². The Morgan fingerprint density at radius 3 is 2.13 bits per heavy atom. The maximum atomic E-state index is 13.7. The van der Waals surface area contributed by atoms with E-state index in [1.54, 1.807) is 24.3 Å². The lowest BCUT2D eigenvalue weighted by Crippen LogP contribution is -2.16. The monoisotopic (exact) mass is 309 g/mol. The van der Waals surface area contributed by atoms with Crippen LogP contribution >= 0.6 is 0 Å². The number of carbonyl (C=O) groups is 2. The summed E-state index contributed by atoms with van der Waals surface area (Å²) < 4.78 is 13.7. The second-order valence-corrected chi connectivity index (χ2v) is 4.98. The minimum absolute atomic E-state index is 0.0478. The Hall–Kier alpha value is -3.21. The van der Waals surface area contributed by atoms with E-state index in [4.69, 9.17) is 0 Å². The smallest absolute Gasteiger partial charge is 0.337 e. The average molecular weight is 309 g/mol. The van der Waals surface area contributed by atoms with Gasteiger partial charge in [-0.1, -0.05) is 36.4 Å². The number of halogens is 1. The Morgan fingerprint density at radius 2 is 1.48 bits per heavy atom. The predicted molar refractivity (Wildman–Crippen MR) is 85.3 cm³/mol. The summed E-state index contributed by atoms with van der Waals surface area (Å²) in [5.74, 6) is -2.52. The number of anilines is 1. The van der Waals surface area contributed by atoms with Crippen LogP contribution in [0.25, 0.3) is 10.8 Å². The highest BCUT2D eigenvalue weighted by molar-refractivity contribution is 6.10. The largest absolute Gasteiger partial charge is 0.478 e. The molecule has 0 atom stereocenters. The van der Waals surface area contributed by atoms with Crippen LogP contribution in [0.5, 0.6) is 0 Å². The quantitative estimate of drug-likeness (QED) is 0.770. The van der Waals surface area contributed by atoms with Crippen molar-refractivity contribution in [3.05, 3.63) is 77.6 Å². The fourth-order valence-electron chi connectivity index (χ4n) is 2.36. The molecule has 0 bridgehead atoms. The minimum atomic E-state index is -1.17. The molecule has 1 amide bonds. The number of rotatable bonds is 3. The van der Waals surface area contributed by atoms with Gasteiger partial charge in [-0.15, -0.1) is 0 Å². The maximum absolute atomic E-state index is 13.7. The molecule has 0 saturated carbocycles. The zero-order valence-corrected chi connectivity index (χ0v) is 11.9. The van der Waals surface area contributed by atoms with Gasteiger partial charge in [0.25, 0.3) is 5.91 Å². The third kappa shape index (κ3) is 2.89. The Labute approximate surface area is 131 Å². The fraction of sp³-hybridized carbons (Fsp3) is 0. The molecule has 3 aromatic carbocycles. The van der Waals surface area contributed by atoms with E-state index in [-0.39, 0.29) is 16.8 Å². The zero-order chi connectivity index (χ0) is 16.4. The van der Waals surface area contributed by atoms with Crippen LogP contribution in [0.3, 0.4) is 0 Å². The van der Waals surface area contributed by atoms with Crippen LogP contribution in [-0.2, 0) is 0 Å². The van der Waals surface area contributed by atoms with Crippen LogP contribution in [0.15, 0.2) is 60.7 Å². The third-order valence-corrected chi connectivity index (χ3v) is 3.48. The van der Waals surface area contributed by atoms with Crippen LogP contribution in [0.2, 0.25) is 0 Å². The third-order valence-electron chi connectivity index (χ3n) is 3.48. The highest BCUT2D eigenvalue weighted by Crippen LogP contribution is 2.25. The van der Waals surface area contributed by atoms with Gasteiger partial charge in [-0.25, -0.2) is 9.18 Å². The van der Waals surface area contributed by atoms with E-state index in [0.717, 1.165) is 10.8 Å². The van der Waals surface area contributed by atoms with Crippen molar-refractivity contribution >= 4 is 28.3 Å². The highest BCUT2D eigenvalue weighted by Gasteiger charge is 2.16. The zero-order valence-electron chi connectivity index (χ0n) is 11.9. The van der Waals surface area contributed by atoms with Gasteiger partial charge < -0.3 is 10.4 Å². The van der Waals surface area contributed by atoms with Crippen LogP contribution in [0.1, 0.15) is 20.7 Å². The van der Waals surface area contributed by atoms with Gasteiger partial charge in [0.05, 0.1) is 16.8 Å². The van der Waals surface area contributed by atoms with Crippen LogP contribution in [-0.4, -0.2) is 17.0 Å². The predicted octanol–water partition coefficient (Wildman–Crippen LogP) is 3.93. The molecule has 2 N–H and O–H groups in total. The van der Waals surface area contributed by atoms with Crippen molar-refractivity contribution in [3.63, 3.8) is 0 Å². The van der Waals surface area contributed by atoms with E-state index >= 15 is 0 Å². The van der Waals surface area contributed by atoms with Crippen molar-refractivity contribution in [2.24, 2.45) is 0 Å². The lowest BCUT2D eigenvalue weighted by molar-refractivity contribution is 0.0698. The Kier molecular flexibility index (Phi) is 3.76. The Morgan fingerprint density at radius 1 is 0.870 bits per heavy atom. The first-order chi connectivity index (χ1) is 11.1. The summed E-state index contributed by atoms with van der Waals surface area (Å²) >= 11 is 0. The highest BCUT2D eigenvalue weighted by atomic mass is 19.1. The molecule has 0 radical (unpaired) electrons. The molecule has 0 spiro atoms. The average Bonchev–Trinajstić information content (AvgIpc) is 2.54. The lowest BCUT2D eigenvalue weighted by atomic mass is 10.0. The second kappa shape index (κ2) is 5.88. The summed E-state index contributed by atoms with van der Waals surface area (Å²) in [6.45, 7) is 0. The van der Waals surface area contributed by atoms with E-state index < -0.39 is 17.7 Å². The summed E-state index contributed by atoms with van der Waals surface area (Å²) in [5.41, 5.74) is -0.0603. The molecule has 0 aromatic heterocycles. The molecule has 4 nitrogen and oxygen atoms in total. The van der Waals surface area contributed by atoms with Crippen LogP contribution in [0, 0.1) is 5.82 Å². The number of nitrogens with one attached hydrogen (secondary N) is 1. The van der Waals surface area contributed by atoms with Crippen LogP contribution < -0.4 is 5.32 Å². The SMILES string of the molecule is O=C(Nc1cc2ccccc2cc1C(=O)O)c1ccccc1F. The maximum Gasteiger partial charge on any atom is 0.337 e. The van der Waals surface area contributed by atoms with Crippen molar-refractivity contribution in [1.82, 2.24) is 0 Å². The first-order valence-corrected chi connectivity index (χ1v) is 6.88. The van der Waals surface area contributed by atoms with Crippen molar-refractivity contribution < 1.29 is 19.1 Å². The summed E-state index contributed by atoms with van der Waals surface area (Å²) in [4.78, 5) is 23.6. The van der Waals surface area contributed by atoms with Gasteiger partial charge in [-0.2, -0.15) is 0 Å². The van der Waals surface area contributed by atoms with Gasteiger partial charge >= 0.3 is 5.97 Å². The number of carboxylic acid groups (broad SMARTS) is 1. The number of amides is 1. The van der Waals surface area contributed by atoms with Crippen molar-refractivity contribution in [1.29, 1.82) is 0 Å². The molecule has 5 heteroatoms. The van der Waals surface area contributed by atoms with E-state index in [2.05, 4.69) is 5.32 Å². The molecule has 3 rings (SSSR count). The first-order valence-electron chi connectivity index (χ1n) is 6.88. The Balaban J connectivity index is 2.05. The number of benzene rings is 3. The molecule has 23 heavy (non-hydrogen) atoms. The number of hydrogen-bond donors (Lipinski definition) is 2. The standard InChI is InChI=1S/C18H12FNO3/c19-15-8-4-3-7-13(15)17(21)20-16-10-12-6-2-1-5-11(12)9-14(16)18(22)23/h1-10H,(H,20,21)(H,22,23). The van der Waals surface area contributed by atoms with Crippen LogP contribution in [0.4, 0.5) is 10.1 Å². The number of aromatic carboxylic acids is 1. The van der Waals surface area contributed by atoms with Crippen molar-refractivity contribution in [2.75, 3.05) is 5.32 Å². The first kappa shape index (κ1) is 14.7. The molecule has 0 saturated heterocycles. The fourth-order valence-corrected chi connectivity index (χ4v) is 2.36. The molecular formula is C18H12FNO3. The van der Waals surface area contributed by atoms with E-state index in [1.807, 2.05) is 6.07 Å². The molecular weight excluding hydrogens is 297 g/mol. The molecule has 3 aromatic rings. The Bertz CT molecular complexity index is 921. The van der Waals surface area contributed by atoms with E-state index in [1.165, 1.54) is 30.3 Å². The summed E-state index contributed by atoms with van der Waals surface area (Å²) in [6.07, 6.45) is 0. The molecule has 114 valence electrons. The normalized spacial score (nSPS) is 10.5. The summed E-state index contributed by atoms with van der Waals surface area (Å²) in [5, 5.41) is 13.3. The number of carbonyl (C=O) groups excluding carboxylic acids is 1. The number of fused-ring (bicyclic) bond motifs is 1. The molecule has 0 unspecified atom stereocenters. The molecule has 0 aliphatic heterocycles. The van der Waals surface area contributed by atoms with E-state index in [0.29, 0.717) is 0 Å². The second-order valence-electron chi connectivity index (χ2n) is 4.98. The van der Waals surface area contributed by atoms with Crippen molar-refractivity contribution in [3.8, 4) is 0 Å². The minimum Gasteiger partial charge on any atom is -0.478 e. The molecule has 0 fully saturated rings. The number of hydrogen-bond acceptors (Lipinski definition) is 2. The van der Waals surface area contributed by atoms with Gasteiger partial charge in [-0.05, 0) is 35.0 Å². The molecule has 0 aliphatic rings. The molecule has 0 aliphatic carbocycles. The number of carboxylic acids is 1. The summed E-state index contributed by atoms with van der Waals surface area (Å²) in [7, 11) is 0. The van der Waals surface area contributed by atoms with E-state index in [9.17, 15) is 19.1 Å². The summed E-state index contributed by atoms with van der Waals surface area (Å²) in [6, 6.07) is 15.8. The van der Waals surface area contributed by atoms with Crippen molar-refractivity contribution in [2.45, 2.75) is 0 Å². The van der Waals surface area contributed by atoms with Gasteiger partial charge in [0.2, 0.25) is 0 Å². The van der Waals surface area contributed by atoms with Gasteiger partial charge in [0, 0.05) is 0 Å².